The zero-order chi connectivity index (χ0) is 12.8. The highest BCUT2D eigenvalue weighted by atomic mass is 19.1. The molecule has 0 fully saturated rings. The SMILES string of the molecule is CC(C=NNc1ccc(F)cc1)c1ccccc1. The van der Waals surface area contributed by atoms with Gasteiger partial charge in [-0.25, -0.2) is 4.39 Å². The number of anilines is 1. The Balaban J connectivity index is 1.93. The first-order chi connectivity index (χ1) is 8.75. The molecular weight excluding hydrogens is 227 g/mol. The van der Waals surface area contributed by atoms with Gasteiger partial charge in [-0.3, -0.25) is 5.43 Å². The van der Waals surface area contributed by atoms with Crippen molar-refractivity contribution in [3.05, 3.63) is 66.0 Å². The lowest BCUT2D eigenvalue weighted by Crippen LogP contribution is -1.97. The Hall–Kier alpha value is -2.16. The van der Waals surface area contributed by atoms with E-state index in [1.165, 1.54) is 17.7 Å². The van der Waals surface area contributed by atoms with Gasteiger partial charge in [-0.15, -0.1) is 0 Å². The fraction of sp³-hybridized carbons (Fsp3) is 0.133. The topological polar surface area (TPSA) is 24.4 Å². The van der Waals surface area contributed by atoms with Crippen LogP contribution >= 0.6 is 0 Å². The number of halogens is 1. The Bertz CT molecular complexity index is 506. The molecule has 1 unspecified atom stereocenters. The first-order valence-electron chi connectivity index (χ1n) is 5.85. The van der Waals surface area contributed by atoms with Crippen LogP contribution in [0.3, 0.4) is 0 Å². The van der Waals surface area contributed by atoms with Crippen molar-refractivity contribution < 1.29 is 4.39 Å². The third-order valence-electron chi connectivity index (χ3n) is 2.66. The van der Waals surface area contributed by atoms with E-state index in [9.17, 15) is 4.39 Å². The third kappa shape index (κ3) is 3.42. The molecule has 0 saturated heterocycles. The van der Waals surface area contributed by atoms with E-state index in [1.54, 1.807) is 12.1 Å². The molecule has 1 N–H and O–H groups in total. The highest BCUT2D eigenvalue weighted by molar-refractivity contribution is 5.68. The molecule has 0 radical (unpaired) electrons. The predicted octanol–water partition coefficient (Wildman–Crippen LogP) is 4.03. The Labute approximate surface area is 106 Å². The summed E-state index contributed by atoms with van der Waals surface area (Å²) in [6.45, 7) is 2.07. The molecule has 2 rings (SSSR count). The summed E-state index contributed by atoms with van der Waals surface area (Å²) in [6.07, 6.45) is 1.83. The average molecular weight is 242 g/mol. The van der Waals surface area contributed by atoms with Crippen molar-refractivity contribution in [1.82, 2.24) is 0 Å². The summed E-state index contributed by atoms with van der Waals surface area (Å²) < 4.78 is 12.7. The maximum atomic E-state index is 12.7. The molecule has 0 spiro atoms. The molecule has 0 aromatic heterocycles. The molecule has 0 bridgehead atoms. The second kappa shape index (κ2) is 5.96. The summed E-state index contributed by atoms with van der Waals surface area (Å²) in [5.41, 5.74) is 4.86. The van der Waals surface area contributed by atoms with E-state index in [2.05, 4.69) is 29.6 Å². The smallest absolute Gasteiger partial charge is 0.123 e. The predicted molar refractivity (Wildman–Crippen MR) is 73.4 cm³/mol. The fourth-order valence-electron chi connectivity index (χ4n) is 1.59. The van der Waals surface area contributed by atoms with Crippen molar-refractivity contribution in [2.75, 3.05) is 5.43 Å². The molecule has 0 heterocycles. The maximum Gasteiger partial charge on any atom is 0.123 e. The summed E-state index contributed by atoms with van der Waals surface area (Å²) in [6, 6.07) is 16.2. The van der Waals surface area contributed by atoms with Crippen molar-refractivity contribution in [3.63, 3.8) is 0 Å². The molecule has 2 nitrogen and oxygen atoms in total. The lowest BCUT2D eigenvalue weighted by atomic mass is 10.0. The minimum absolute atomic E-state index is 0.235. The van der Waals surface area contributed by atoms with Crippen LogP contribution in [0.25, 0.3) is 0 Å². The molecule has 3 heteroatoms. The normalized spacial score (nSPS) is 12.6. The number of hydrazone groups is 1. The van der Waals surface area contributed by atoms with Crippen LogP contribution in [0.4, 0.5) is 10.1 Å². The molecule has 2 aromatic carbocycles. The summed E-state index contributed by atoms with van der Waals surface area (Å²) in [4.78, 5) is 0. The van der Waals surface area contributed by atoms with Gasteiger partial charge in [-0.05, 0) is 29.8 Å². The van der Waals surface area contributed by atoms with Gasteiger partial charge in [0.2, 0.25) is 0 Å². The average Bonchev–Trinajstić information content (AvgIpc) is 2.42. The molecular formula is C15H15FN2. The van der Waals surface area contributed by atoms with Crippen LogP contribution in [0.5, 0.6) is 0 Å². The molecule has 0 aliphatic carbocycles. The van der Waals surface area contributed by atoms with Crippen LogP contribution in [0.15, 0.2) is 59.7 Å². The number of nitrogens with zero attached hydrogens (tertiary/aromatic N) is 1. The minimum Gasteiger partial charge on any atom is -0.279 e. The molecule has 0 amide bonds. The van der Waals surface area contributed by atoms with Gasteiger partial charge in [0, 0.05) is 12.1 Å². The zero-order valence-electron chi connectivity index (χ0n) is 10.2. The van der Waals surface area contributed by atoms with Gasteiger partial charge in [0.05, 0.1) is 5.69 Å². The molecule has 92 valence electrons. The third-order valence-corrected chi connectivity index (χ3v) is 2.66. The van der Waals surface area contributed by atoms with Gasteiger partial charge in [0.15, 0.2) is 0 Å². The van der Waals surface area contributed by atoms with Gasteiger partial charge in [0.25, 0.3) is 0 Å². The monoisotopic (exact) mass is 242 g/mol. The van der Waals surface area contributed by atoms with Gasteiger partial charge in [-0.2, -0.15) is 5.10 Å². The summed E-state index contributed by atoms with van der Waals surface area (Å²) >= 11 is 0. The number of hydrogen-bond acceptors (Lipinski definition) is 2. The summed E-state index contributed by atoms with van der Waals surface area (Å²) in [7, 11) is 0. The fourth-order valence-corrected chi connectivity index (χ4v) is 1.59. The highest BCUT2D eigenvalue weighted by Crippen LogP contribution is 2.12. The van der Waals surface area contributed by atoms with Crippen molar-refractivity contribution in [3.8, 4) is 0 Å². The van der Waals surface area contributed by atoms with E-state index in [0.717, 1.165) is 5.69 Å². The largest absolute Gasteiger partial charge is 0.279 e. The number of benzene rings is 2. The molecule has 2 aromatic rings. The number of rotatable bonds is 4. The molecule has 0 aliphatic heterocycles. The van der Waals surface area contributed by atoms with Crippen LogP contribution in [0, 0.1) is 5.82 Å². The van der Waals surface area contributed by atoms with Crippen LogP contribution in [0.2, 0.25) is 0 Å². The molecule has 0 saturated carbocycles. The van der Waals surface area contributed by atoms with Crippen LogP contribution in [0.1, 0.15) is 18.4 Å². The quantitative estimate of drug-likeness (QED) is 0.635. The molecule has 1 atom stereocenters. The number of nitrogens with one attached hydrogen (secondary N) is 1. The van der Waals surface area contributed by atoms with Gasteiger partial charge >= 0.3 is 0 Å². The molecule has 18 heavy (non-hydrogen) atoms. The van der Waals surface area contributed by atoms with E-state index >= 15 is 0 Å². The second-order valence-corrected chi connectivity index (χ2v) is 4.10. The summed E-state index contributed by atoms with van der Waals surface area (Å²) in [5, 5.41) is 4.15. The Kier molecular flexibility index (Phi) is 4.07. The second-order valence-electron chi connectivity index (χ2n) is 4.10. The first-order valence-corrected chi connectivity index (χ1v) is 5.85. The van der Waals surface area contributed by atoms with Crippen molar-refractivity contribution in [2.24, 2.45) is 5.10 Å². The van der Waals surface area contributed by atoms with Gasteiger partial charge in [0.1, 0.15) is 5.82 Å². The minimum atomic E-state index is -0.248. The van der Waals surface area contributed by atoms with E-state index in [-0.39, 0.29) is 11.7 Å². The van der Waals surface area contributed by atoms with Crippen molar-refractivity contribution in [2.45, 2.75) is 12.8 Å². The van der Waals surface area contributed by atoms with E-state index in [0.29, 0.717) is 0 Å². The maximum absolute atomic E-state index is 12.7. The first kappa shape index (κ1) is 12.3. The van der Waals surface area contributed by atoms with Gasteiger partial charge < -0.3 is 0 Å². The molecule has 0 aliphatic rings. The van der Waals surface area contributed by atoms with E-state index < -0.39 is 0 Å². The summed E-state index contributed by atoms with van der Waals surface area (Å²) in [5.74, 6) is -0.0127. The lowest BCUT2D eigenvalue weighted by Gasteiger charge is -2.05. The number of hydrogen-bond donors (Lipinski definition) is 1. The highest BCUT2D eigenvalue weighted by Gasteiger charge is 2.00. The van der Waals surface area contributed by atoms with E-state index in [4.69, 9.17) is 0 Å². The van der Waals surface area contributed by atoms with Crippen molar-refractivity contribution in [1.29, 1.82) is 0 Å². The van der Waals surface area contributed by atoms with Crippen molar-refractivity contribution >= 4 is 11.9 Å². The standard InChI is InChI=1S/C15H15FN2/c1-12(13-5-3-2-4-6-13)11-17-18-15-9-7-14(16)8-10-15/h2-12,18H,1H3. The van der Waals surface area contributed by atoms with Crippen LogP contribution < -0.4 is 5.43 Å². The Morgan fingerprint density at radius 3 is 2.39 bits per heavy atom. The van der Waals surface area contributed by atoms with E-state index in [1.807, 2.05) is 24.4 Å². The van der Waals surface area contributed by atoms with Crippen LogP contribution in [-0.2, 0) is 0 Å². The van der Waals surface area contributed by atoms with Crippen LogP contribution in [-0.4, -0.2) is 6.21 Å². The van der Waals surface area contributed by atoms with Gasteiger partial charge in [-0.1, -0.05) is 37.3 Å². The zero-order valence-corrected chi connectivity index (χ0v) is 10.2. The Morgan fingerprint density at radius 2 is 1.72 bits per heavy atom. The lowest BCUT2D eigenvalue weighted by molar-refractivity contribution is 0.628. The Morgan fingerprint density at radius 1 is 1.06 bits per heavy atom.